The van der Waals surface area contributed by atoms with Crippen molar-refractivity contribution in [2.45, 2.75) is 12.8 Å². The largest absolute Gasteiger partial charge is 0.272 e. The van der Waals surface area contributed by atoms with Gasteiger partial charge >= 0.3 is 0 Å². The fourth-order valence-corrected chi connectivity index (χ4v) is 2.18. The van der Waals surface area contributed by atoms with E-state index in [0.29, 0.717) is 29.6 Å². The molecule has 0 bridgehead atoms. The molecule has 0 aliphatic carbocycles. The van der Waals surface area contributed by atoms with Crippen molar-refractivity contribution in [3.05, 3.63) is 40.3 Å². The molecule has 3 rings (SSSR count). The summed E-state index contributed by atoms with van der Waals surface area (Å²) in [5, 5.41) is 9.01. The van der Waals surface area contributed by atoms with Crippen LogP contribution in [0.15, 0.2) is 29.1 Å². The number of aromatic nitrogens is 2. The van der Waals surface area contributed by atoms with Crippen molar-refractivity contribution in [1.82, 2.24) is 15.3 Å². The maximum atomic E-state index is 12.0. The summed E-state index contributed by atoms with van der Waals surface area (Å²) in [5.41, 5.74) is 0.319. The number of H-pyrrole nitrogens is 1. The molecule has 2 aromatic rings. The molecule has 1 aromatic carbocycles. The van der Waals surface area contributed by atoms with Gasteiger partial charge in [-0.3, -0.25) is 14.4 Å². The normalized spacial score (nSPS) is 15.1. The smallest absolute Gasteiger partial charge is 0.272 e. The Morgan fingerprint density at radius 2 is 2.16 bits per heavy atom. The minimum absolute atomic E-state index is 0.122. The summed E-state index contributed by atoms with van der Waals surface area (Å²) in [7, 11) is 0. The second-order valence-corrected chi connectivity index (χ2v) is 4.40. The van der Waals surface area contributed by atoms with Crippen LogP contribution in [-0.4, -0.2) is 34.3 Å². The first-order valence-corrected chi connectivity index (χ1v) is 6.15. The number of amides is 1. The molecule has 1 saturated heterocycles. The molecule has 98 valence electrons. The molecular weight excluding hydrogens is 246 g/mol. The predicted octanol–water partition coefficient (Wildman–Crippen LogP) is 0.629. The van der Waals surface area contributed by atoms with Gasteiger partial charge in [0.15, 0.2) is 0 Å². The second kappa shape index (κ2) is 4.81. The zero-order valence-corrected chi connectivity index (χ0v) is 10.3. The van der Waals surface area contributed by atoms with E-state index < -0.39 is 0 Å². The van der Waals surface area contributed by atoms with Gasteiger partial charge in [0.25, 0.3) is 11.5 Å². The fraction of sp³-hybridized carbons (Fsp3) is 0.308. The monoisotopic (exact) mass is 259 g/mol. The van der Waals surface area contributed by atoms with Gasteiger partial charge in [-0.25, -0.2) is 10.2 Å². The fourth-order valence-electron chi connectivity index (χ4n) is 2.18. The Morgan fingerprint density at radius 1 is 1.37 bits per heavy atom. The Labute approximate surface area is 108 Å². The molecule has 0 saturated carbocycles. The molecule has 0 unspecified atom stereocenters. The second-order valence-electron chi connectivity index (χ2n) is 4.40. The third kappa shape index (κ3) is 2.22. The summed E-state index contributed by atoms with van der Waals surface area (Å²) < 4.78 is 0. The number of nitrogens with zero attached hydrogens (tertiary/aromatic N) is 2. The van der Waals surface area contributed by atoms with Gasteiger partial charge in [-0.1, -0.05) is 18.2 Å². The average molecular weight is 259 g/mol. The Kier molecular flexibility index (Phi) is 3.00. The Balaban J connectivity index is 1.95. The third-order valence-electron chi connectivity index (χ3n) is 3.12. The van der Waals surface area contributed by atoms with Gasteiger partial charge in [-0.05, 0) is 12.5 Å². The van der Waals surface area contributed by atoms with Gasteiger partial charge in [0, 0.05) is 5.39 Å². The number of carbonyl (C=O) groups is 1. The van der Waals surface area contributed by atoms with Crippen LogP contribution in [0.3, 0.4) is 0 Å². The molecule has 1 aliphatic heterocycles. The first kappa shape index (κ1) is 11.9. The lowest BCUT2D eigenvalue weighted by molar-refractivity contribution is -0.167. The number of nitrogens with one attached hydrogen (secondary N) is 1. The SMILES string of the molecule is O=C(Cc1n[nH]c(=O)c2ccccc12)N1CCCO1. The molecule has 2 heterocycles. The van der Waals surface area contributed by atoms with Crippen LogP contribution in [0.25, 0.3) is 10.8 Å². The number of carbonyl (C=O) groups excluding carboxylic acids is 1. The van der Waals surface area contributed by atoms with E-state index in [4.69, 9.17) is 4.84 Å². The number of benzene rings is 1. The van der Waals surface area contributed by atoms with Crippen molar-refractivity contribution in [1.29, 1.82) is 0 Å². The minimum Gasteiger partial charge on any atom is -0.272 e. The molecule has 0 atom stereocenters. The van der Waals surface area contributed by atoms with Gasteiger partial charge in [-0.2, -0.15) is 5.10 Å². The van der Waals surface area contributed by atoms with Crippen molar-refractivity contribution in [3.8, 4) is 0 Å². The van der Waals surface area contributed by atoms with Crippen LogP contribution < -0.4 is 5.56 Å². The first-order valence-electron chi connectivity index (χ1n) is 6.15. The van der Waals surface area contributed by atoms with Crippen LogP contribution in [0.2, 0.25) is 0 Å². The van der Waals surface area contributed by atoms with Gasteiger partial charge in [0.2, 0.25) is 0 Å². The Bertz CT molecular complexity index is 674. The molecule has 1 N–H and O–H groups in total. The highest BCUT2D eigenvalue weighted by Crippen LogP contribution is 2.14. The molecule has 0 spiro atoms. The van der Waals surface area contributed by atoms with Gasteiger partial charge < -0.3 is 0 Å². The summed E-state index contributed by atoms with van der Waals surface area (Å²) in [6.45, 7) is 1.19. The number of fused-ring (bicyclic) bond motifs is 1. The molecule has 1 aromatic heterocycles. The van der Waals surface area contributed by atoms with Crippen LogP contribution in [0.5, 0.6) is 0 Å². The van der Waals surface area contributed by atoms with Crippen molar-refractivity contribution in [3.63, 3.8) is 0 Å². The van der Waals surface area contributed by atoms with E-state index in [-0.39, 0.29) is 17.9 Å². The van der Waals surface area contributed by atoms with E-state index in [2.05, 4.69) is 10.2 Å². The van der Waals surface area contributed by atoms with Crippen LogP contribution in [-0.2, 0) is 16.1 Å². The summed E-state index contributed by atoms with van der Waals surface area (Å²) in [6, 6.07) is 7.12. The van der Waals surface area contributed by atoms with Gasteiger partial charge in [0.1, 0.15) is 0 Å². The summed E-state index contributed by atoms with van der Waals surface area (Å²) in [6.07, 6.45) is 0.975. The van der Waals surface area contributed by atoms with Crippen LogP contribution in [0, 0.1) is 0 Å². The minimum atomic E-state index is -0.246. The lowest BCUT2D eigenvalue weighted by Crippen LogP contribution is -2.28. The maximum absolute atomic E-state index is 12.0. The highest BCUT2D eigenvalue weighted by molar-refractivity contribution is 5.88. The van der Waals surface area contributed by atoms with Crippen molar-refractivity contribution < 1.29 is 9.63 Å². The molecule has 6 nitrogen and oxygen atoms in total. The van der Waals surface area contributed by atoms with E-state index in [0.717, 1.165) is 6.42 Å². The predicted molar refractivity (Wildman–Crippen MR) is 68.3 cm³/mol. The van der Waals surface area contributed by atoms with E-state index in [1.807, 2.05) is 6.07 Å². The topological polar surface area (TPSA) is 75.3 Å². The molecule has 1 fully saturated rings. The summed E-state index contributed by atoms with van der Waals surface area (Å²) in [5.74, 6) is -0.137. The number of aromatic amines is 1. The van der Waals surface area contributed by atoms with Crippen molar-refractivity contribution in [2.75, 3.05) is 13.2 Å². The molecule has 1 amide bonds. The van der Waals surface area contributed by atoms with Gasteiger partial charge in [0.05, 0.1) is 30.7 Å². The highest BCUT2D eigenvalue weighted by atomic mass is 16.7. The Morgan fingerprint density at radius 3 is 2.89 bits per heavy atom. The zero-order chi connectivity index (χ0) is 13.2. The Hall–Kier alpha value is -2.21. The third-order valence-corrected chi connectivity index (χ3v) is 3.12. The van der Waals surface area contributed by atoms with Crippen molar-refractivity contribution in [2.24, 2.45) is 0 Å². The molecular formula is C13H13N3O3. The van der Waals surface area contributed by atoms with E-state index >= 15 is 0 Å². The number of hydrogen-bond donors (Lipinski definition) is 1. The van der Waals surface area contributed by atoms with Crippen LogP contribution in [0.4, 0.5) is 0 Å². The molecule has 1 aliphatic rings. The maximum Gasteiger partial charge on any atom is 0.272 e. The van der Waals surface area contributed by atoms with Crippen molar-refractivity contribution >= 4 is 16.7 Å². The van der Waals surface area contributed by atoms with Crippen LogP contribution >= 0.6 is 0 Å². The molecule has 0 radical (unpaired) electrons. The highest BCUT2D eigenvalue weighted by Gasteiger charge is 2.21. The van der Waals surface area contributed by atoms with E-state index in [1.54, 1.807) is 18.2 Å². The van der Waals surface area contributed by atoms with Crippen LogP contribution in [0.1, 0.15) is 12.1 Å². The average Bonchev–Trinajstić information content (AvgIpc) is 2.96. The molecule has 6 heteroatoms. The zero-order valence-electron chi connectivity index (χ0n) is 10.3. The summed E-state index contributed by atoms with van der Waals surface area (Å²) in [4.78, 5) is 28.9. The first-order chi connectivity index (χ1) is 9.25. The van der Waals surface area contributed by atoms with E-state index in [9.17, 15) is 9.59 Å². The quantitative estimate of drug-likeness (QED) is 0.858. The number of hydroxylamine groups is 2. The lowest BCUT2D eigenvalue weighted by atomic mass is 10.1. The summed E-state index contributed by atoms with van der Waals surface area (Å²) >= 11 is 0. The lowest BCUT2D eigenvalue weighted by Gasteiger charge is -2.13. The number of hydrogen-bond acceptors (Lipinski definition) is 4. The van der Waals surface area contributed by atoms with Gasteiger partial charge in [-0.15, -0.1) is 0 Å². The van der Waals surface area contributed by atoms with E-state index in [1.165, 1.54) is 5.06 Å². The standard InChI is InChI=1S/C13H13N3O3/c17-12(16-6-3-7-19-16)8-11-9-4-1-2-5-10(9)13(18)15-14-11/h1-2,4-5H,3,6-8H2,(H,15,18). The number of rotatable bonds is 2. The molecule has 19 heavy (non-hydrogen) atoms.